The third-order valence-electron chi connectivity index (χ3n) is 4.98. The summed E-state index contributed by atoms with van der Waals surface area (Å²) in [6, 6.07) is 11.4. The van der Waals surface area contributed by atoms with E-state index in [1.807, 2.05) is 20.8 Å². The summed E-state index contributed by atoms with van der Waals surface area (Å²) >= 11 is 0. The van der Waals surface area contributed by atoms with Gasteiger partial charge >= 0.3 is 6.09 Å². The molecule has 4 nitrogen and oxygen atoms in total. The summed E-state index contributed by atoms with van der Waals surface area (Å²) in [4.78, 5) is 13.9. The van der Waals surface area contributed by atoms with Gasteiger partial charge in [-0.15, -0.1) is 0 Å². The van der Waals surface area contributed by atoms with Crippen LogP contribution in [0.2, 0.25) is 0 Å². The molecule has 1 heterocycles. The summed E-state index contributed by atoms with van der Waals surface area (Å²) < 4.78 is 5.43. The van der Waals surface area contributed by atoms with Crippen molar-refractivity contribution in [3.8, 4) is 0 Å². The van der Waals surface area contributed by atoms with Crippen LogP contribution in [0.5, 0.6) is 0 Å². The third kappa shape index (κ3) is 5.08. The van der Waals surface area contributed by atoms with E-state index in [2.05, 4.69) is 41.7 Å². The highest BCUT2D eigenvalue weighted by molar-refractivity contribution is 5.68. The maximum absolute atomic E-state index is 12.1. The Morgan fingerprint density at radius 3 is 2.56 bits per heavy atom. The van der Waals surface area contributed by atoms with Gasteiger partial charge in [-0.25, -0.2) is 4.79 Å². The lowest BCUT2D eigenvalue weighted by molar-refractivity contribution is 0.0265. The summed E-state index contributed by atoms with van der Waals surface area (Å²) in [7, 11) is 0. The number of carbonyl (C=O) groups is 1. The summed E-state index contributed by atoms with van der Waals surface area (Å²) in [6.45, 7) is 8.06. The summed E-state index contributed by atoms with van der Waals surface area (Å²) in [5, 5.41) is 3.67. The Morgan fingerprint density at radius 2 is 1.96 bits per heavy atom. The van der Waals surface area contributed by atoms with Crippen LogP contribution in [0.15, 0.2) is 42.0 Å². The minimum atomic E-state index is -0.428. The number of rotatable bonds is 4. The molecule has 1 saturated carbocycles. The Labute approximate surface area is 151 Å². The quantitative estimate of drug-likeness (QED) is 0.838. The molecule has 25 heavy (non-hydrogen) atoms. The summed E-state index contributed by atoms with van der Waals surface area (Å²) in [6.07, 6.45) is 5.35. The van der Waals surface area contributed by atoms with Gasteiger partial charge in [0.05, 0.1) is 0 Å². The zero-order valence-corrected chi connectivity index (χ0v) is 15.6. The molecule has 4 heteroatoms. The fourth-order valence-electron chi connectivity index (χ4n) is 3.42. The number of carbonyl (C=O) groups excluding carboxylic acids is 1. The van der Waals surface area contributed by atoms with Crippen molar-refractivity contribution in [2.45, 2.75) is 57.6 Å². The van der Waals surface area contributed by atoms with Crippen LogP contribution in [0.1, 0.15) is 51.5 Å². The molecular formula is C21H30N2O2. The van der Waals surface area contributed by atoms with Gasteiger partial charge in [0.2, 0.25) is 0 Å². The summed E-state index contributed by atoms with van der Waals surface area (Å²) in [5.41, 5.74) is 2.44. The minimum Gasteiger partial charge on any atom is -0.444 e. The van der Waals surface area contributed by atoms with E-state index in [-0.39, 0.29) is 6.09 Å². The van der Waals surface area contributed by atoms with Crippen molar-refractivity contribution in [2.75, 3.05) is 19.6 Å². The Balaban J connectivity index is 1.37. The molecule has 2 aliphatic rings. The number of hydrogen-bond donors (Lipinski definition) is 1. The van der Waals surface area contributed by atoms with Crippen LogP contribution in [0.3, 0.4) is 0 Å². The molecule has 1 aromatic carbocycles. The molecule has 0 bridgehead atoms. The highest BCUT2D eigenvalue weighted by Gasteiger charge is 2.30. The second-order valence-electron chi connectivity index (χ2n) is 8.20. The molecule has 1 fully saturated rings. The molecule has 136 valence electrons. The maximum atomic E-state index is 12.1. The Kier molecular flexibility index (Phi) is 5.48. The van der Waals surface area contributed by atoms with Crippen LogP contribution >= 0.6 is 0 Å². The first-order valence-electron chi connectivity index (χ1n) is 9.35. The van der Waals surface area contributed by atoms with Crippen molar-refractivity contribution in [2.24, 2.45) is 0 Å². The van der Waals surface area contributed by atoms with Gasteiger partial charge in [-0.2, -0.15) is 0 Å². The highest BCUT2D eigenvalue weighted by atomic mass is 16.6. The van der Waals surface area contributed by atoms with Gasteiger partial charge in [0, 0.05) is 25.7 Å². The van der Waals surface area contributed by atoms with E-state index >= 15 is 0 Å². The van der Waals surface area contributed by atoms with Gasteiger partial charge in [-0.3, -0.25) is 0 Å². The third-order valence-corrected chi connectivity index (χ3v) is 4.98. The van der Waals surface area contributed by atoms with Gasteiger partial charge in [0.25, 0.3) is 0 Å². The molecule has 1 aliphatic heterocycles. The molecule has 0 saturated heterocycles. The van der Waals surface area contributed by atoms with E-state index in [0.717, 1.165) is 19.5 Å². The van der Waals surface area contributed by atoms with Crippen LogP contribution in [-0.4, -0.2) is 42.3 Å². The van der Waals surface area contributed by atoms with E-state index in [1.165, 1.54) is 24.0 Å². The van der Waals surface area contributed by atoms with E-state index < -0.39 is 5.60 Å². The first-order chi connectivity index (χ1) is 11.9. The van der Waals surface area contributed by atoms with Gasteiger partial charge in [-0.1, -0.05) is 42.0 Å². The number of nitrogens with zero attached hydrogens (tertiary/aromatic N) is 1. The van der Waals surface area contributed by atoms with Crippen LogP contribution in [-0.2, 0) is 4.74 Å². The topological polar surface area (TPSA) is 41.6 Å². The van der Waals surface area contributed by atoms with Gasteiger partial charge in [0.15, 0.2) is 0 Å². The SMILES string of the molecule is CC(C)(C)OC(=O)N1CC=C(CNC2CC(c3ccccc3)C2)CC1. The van der Waals surface area contributed by atoms with Crippen molar-refractivity contribution in [1.82, 2.24) is 10.2 Å². The molecular weight excluding hydrogens is 312 g/mol. The molecule has 1 aromatic rings. The lowest BCUT2D eigenvalue weighted by Crippen LogP contribution is -2.43. The van der Waals surface area contributed by atoms with Crippen molar-refractivity contribution >= 4 is 6.09 Å². The first kappa shape index (κ1) is 18.0. The van der Waals surface area contributed by atoms with Crippen LogP contribution < -0.4 is 5.32 Å². The largest absolute Gasteiger partial charge is 0.444 e. The molecule has 1 aliphatic carbocycles. The average Bonchev–Trinajstić information content (AvgIpc) is 2.53. The van der Waals surface area contributed by atoms with Crippen LogP contribution in [0.25, 0.3) is 0 Å². The van der Waals surface area contributed by atoms with Crippen LogP contribution in [0, 0.1) is 0 Å². The predicted molar refractivity (Wildman–Crippen MR) is 101 cm³/mol. The first-order valence-corrected chi connectivity index (χ1v) is 9.35. The molecule has 1 N–H and O–H groups in total. The maximum Gasteiger partial charge on any atom is 0.410 e. The predicted octanol–water partition coefficient (Wildman–Crippen LogP) is 4.09. The van der Waals surface area contributed by atoms with E-state index in [0.29, 0.717) is 18.5 Å². The second-order valence-corrected chi connectivity index (χ2v) is 8.20. The minimum absolute atomic E-state index is 0.208. The van der Waals surface area contributed by atoms with Crippen molar-refractivity contribution in [1.29, 1.82) is 0 Å². The van der Waals surface area contributed by atoms with Crippen molar-refractivity contribution in [3.05, 3.63) is 47.5 Å². The molecule has 0 spiro atoms. The Bertz CT molecular complexity index is 613. The Hall–Kier alpha value is -1.81. The van der Waals surface area contributed by atoms with E-state index in [4.69, 9.17) is 4.74 Å². The molecule has 1 amide bonds. The zero-order chi connectivity index (χ0) is 17.9. The van der Waals surface area contributed by atoms with E-state index in [9.17, 15) is 4.79 Å². The number of hydrogen-bond acceptors (Lipinski definition) is 3. The standard InChI is InChI=1S/C21H30N2O2/c1-21(2,3)25-20(24)23-11-9-16(10-12-23)15-22-19-13-18(14-19)17-7-5-4-6-8-17/h4-9,18-19,22H,10-15H2,1-3H3. The van der Waals surface area contributed by atoms with E-state index in [1.54, 1.807) is 4.90 Å². The molecule has 0 atom stereocenters. The summed E-state index contributed by atoms with van der Waals surface area (Å²) in [5.74, 6) is 0.710. The molecule has 0 unspecified atom stereocenters. The van der Waals surface area contributed by atoms with Gasteiger partial charge in [0.1, 0.15) is 5.60 Å². The van der Waals surface area contributed by atoms with Crippen molar-refractivity contribution in [3.63, 3.8) is 0 Å². The zero-order valence-electron chi connectivity index (χ0n) is 15.6. The smallest absolute Gasteiger partial charge is 0.410 e. The Morgan fingerprint density at radius 1 is 1.24 bits per heavy atom. The lowest BCUT2D eigenvalue weighted by atomic mass is 9.76. The molecule has 0 radical (unpaired) electrons. The van der Waals surface area contributed by atoms with Gasteiger partial charge < -0.3 is 15.0 Å². The fraction of sp³-hybridized carbons (Fsp3) is 0.571. The number of benzene rings is 1. The fourth-order valence-corrected chi connectivity index (χ4v) is 3.42. The monoisotopic (exact) mass is 342 g/mol. The molecule has 3 rings (SSSR count). The highest BCUT2D eigenvalue weighted by Crippen LogP contribution is 2.36. The van der Waals surface area contributed by atoms with Crippen LogP contribution in [0.4, 0.5) is 4.79 Å². The average molecular weight is 342 g/mol. The number of ether oxygens (including phenoxy) is 1. The number of nitrogens with one attached hydrogen (secondary N) is 1. The lowest BCUT2D eigenvalue weighted by Gasteiger charge is -2.37. The number of amides is 1. The van der Waals surface area contributed by atoms with Gasteiger partial charge in [-0.05, 0) is 51.5 Å². The molecule has 0 aromatic heterocycles. The van der Waals surface area contributed by atoms with Crippen molar-refractivity contribution < 1.29 is 9.53 Å². The second kappa shape index (κ2) is 7.61. The normalized spacial score (nSPS) is 23.6.